The molecule has 0 aromatic heterocycles. The molecule has 1 unspecified atom stereocenters. The van der Waals surface area contributed by atoms with Gasteiger partial charge in [-0.3, -0.25) is 0 Å². The number of thioether (sulfide) groups is 1. The lowest BCUT2D eigenvalue weighted by Crippen LogP contribution is -2.20. The van der Waals surface area contributed by atoms with Gasteiger partial charge in [-0.05, 0) is 50.1 Å². The lowest BCUT2D eigenvalue weighted by molar-refractivity contribution is 0.552. The highest BCUT2D eigenvalue weighted by Crippen LogP contribution is 2.24. The highest BCUT2D eigenvalue weighted by molar-refractivity contribution is 7.99. The molecule has 94 valence electrons. The summed E-state index contributed by atoms with van der Waals surface area (Å²) >= 11 is 1.47. The zero-order chi connectivity index (χ0) is 12.1. The van der Waals surface area contributed by atoms with Crippen LogP contribution in [-0.4, -0.2) is 18.3 Å². The van der Waals surface area contributed by atoms with Gasteiger partial charge in [-0.1, -0.05) is 0 Å². The summed E-state index contributed by atoms with van der Waals surface area (Å²) in [7, 11) is 0. The Morgan fingerprint density at radius 1 is 1.35 bits per heavy atom. The van der Waals surface area contributed by atoms with Gasteiger partial charge in [0.25, 0.3) is 0 Å². The second-order valence-corrected chi connectivity index (χ2v) is 5.50. The van der Waals surface area contributed by atoms with Crippen LogP contribution in [0.1, 0.15) is 25.7 Å². The van der Waals surface area contributed by atoms with Gasteiger partial charge in [-0.15, -0.1) is 11.8 Å². The van der Waals surface area contributed by atoms with Gasteiger partial charge in [0.05, 0.1) is 0 Å². The molecule has 1 saturated heterocycles. The van der Waals surface area contributed by atoms with E-state index in [0.29, 0.717) is 10.9 Å². The normalized spacial score (nSPS) is 19.8. The largest absolute Gasteiger partial charge is 0.314 e. The number of rotatable bonds is 5. The molecule has 1 atom stereocenters. The molecule has 1 fully saturated rings. The van der Waals surface area contributed by atoms with Crippen molar-refractivity contribution in [3.63, 3.8) is 0 Å². The van der Waals surface area contributed by atoms with E-state index in [1.54, 1.807) is 0 Å². The predicted octanol–water partition coefficient (Wildman–Crippen LogP) is 3.59. The molecule has 4 heteroatoms. The lowest BCUT2D eigenvalue weighted by atomic mass is 10.1. The lowest BCUT2D eigenvalue weighted by Gasteiger charge is -2.09. The molecule has 0 bridgehead atoms. The Hall–Kier alpha value is -0.610. The van der Waals surface area contributed by atoms with E-state index in [9.17, 15) is 8.78 Å². The van der Waals surface area contributed by atoms with Gasteiger partial charge in [0.15, 0.2) is 0 Å². The van der Waals surface area contributed by atoms with E-state index in [1.165, 1.54) is 36.7 Å². The monoisotopic (exact) mass is 257 g/mol. The minimum absolute atomic E-state index is 0.450. The van der Waals surface area contributed by atoms with Crippen LogP contribution in [0.2, 0.25) is 0 Å². The summed E-state index contributed by atoms with van der Waals surface area (Å²) in [5, 5.41) is 3.44. The standard InChI is InChI=1S/C13H17F2NS/c14-10-5-6-13(12(15)9-10)17-8-2-4-11-3-1-7-16-11/h5-6,9,11,16H,1-4,7-8H2. The van der Waals surface area contributed by atoms with Gasteiger partial charge < -0.3 is 5.32 Å². The first-order valence-corrected chi connectivity index (χ1v) is 7.05. The third-order valence-corrected chi connectivity index (χ3v) is 4.15. The smallest absolute Gasteiger partial charge is 0.139 e. The minimum atomic E-state index is -0.512. The second kappa shape index (κ2) is 6.36. The highest BCUT2D eigenvalue weighted by Gasteiger charge is 2.13. The molecule has 1 aliphatic heterocycles. The van der Waals surface area contributed by atoms with Crippen molar-refractivity contribution < 1.29 is 8.78 Å². The van der Waals surface area contributed by atoms with Crippen molar-refractivity contribution in [2.45, 2.75) is 36.6 Å². The number of halogens is 2. The summed E-state index contributed by atoms with van der Waals surface area (Å²) in [5.74, 6) is -0.0724. The molecule has 0 radical (unpaired) electrons. The van der Waals surface area contributed by atoms with Crippen molar-refractivity contribution in [1.29, 1.82) is 0 Å². The minimum Gasteiger partial charge on any atom is -0.314 e. The third-order valence-electron chi connectivity index (χ3n) is 3.01. The average Bonchev–Trinajstić information content (AvgIpc) is 2.79. The zero-order valence-corrected chi connectivity index (χ0v) is 10.5. The van der Waals surface area contributed by atoms with Crippen LogP contribution in [0, 0.1) is 11.6 Å². The van der Waals surface area contributed by atoms with E-state index in [-0.39, 0.29) is 0 Å². The predicted molar refractivity (Wildman–Crippen MR) is 67.3 cm³/mol. The van der Waals surface area contributed by atoms with Crippen molar-refractivity contribution in [3.05, 3.63) is 29.8 Å². The van der Waals surface area contributed by atoms with Crippen LogP contribution < -0.4 is 5.32 Å². The third kappa shape index (κ3) is 3.96. The molecule has 0 aliphatic carbocycles. The van der Waals surface area contributed by atoms with Crippen molar-refractivity contribution in [1.82, 2.24) is 5.32 Å². The number of hydrogen-bond donors (Lipinski definition) is 1. The first kappa shape index (κ1) is 12.8. The van der Waals surface area contributed by atoms with Crippen LogP contribution in [0.3, 0.4) is 0 Å². The summed E-state index contributed by atoms with van der Waals surface area (Å²) in [6.07, 6.45) is 4.74. The fourth-order valence-electron chi connectivity index (χ4n) is 2.11. The maximum atomic E-state index is 13.3. The molecule has 1 aliphatic rings. The first-order valence-electron chi connectivity index (χ1n) is 6.07. The van der Waals surface area contributed by atoms with Crippen molar-refractivity contribution in [3.8, 4) is 0 Å². The van der Waals surface area contributed by atoms with Gasteiger partial charge in [0.2, 0.25) is 0 Å². The van der Waals surface area contributed by atoms with E-state index in [4.69, 9.17) is 0 Å². The summed E-state index contributed by atoms with van der Waals surface area (Å²) in [6.45, 7) is 1.13. The van der Waals surface area contributed by atoms with Crippen LogP contribution in [-0.2, 0) is 0 Å². The first-order chi connectivity index (χ1) is 8.25. The van der Waals surface area contributed by atoms with Crippen molar-refractivity contribution >= 4 is 11.8 Å². The summed E-state index contributed by atoms with van der Waals surface area (Å²) in [5.41, 5.74) is 0. The Labute approximate surface area is 105 Å². The van der Waals surface area contributed by atoms with Gasteiger partial charge in [-0.25, -0.2) is 8.78 Å². The number of nitrogens with one attached hydrogen (secondary N) is 1. The molecular formula is C13H17F2NS. The summed E-state index contributed by atoms with van der Waals surface area (Å²) in [6, 6.07) is 4.42. The molecule has 0 saturated carbocycles. The molecule has 0 spiro atoms. The van der Waals surface area contributed by atoms with E-state index in [2.05, 4.69) is 5.32 Å². The molecule has 1 heterocycles. The Balaban J connectivity index is 1.70. The molecule has 2 rings (SSSR count). The summed E-state index contributed by atoms with van der Waals surface area (Å²) < 4.78 is 26.0. The Bertz CT molecular complexity index is 364. The molecule has 0 amide bonds. The quantitative estimate of drug-likeness (QED) is 0.639. The highest BCUT2D eigenvalue weighted by atomic mass is 32.2. The fourth-order valence-corrected chi connectivity index (χ4v) is 3.00. The van der Waals surface area contributed by atoms with Gasteiger partial charge in [0.1, 0.15) is 11.6 Å². The Morgan fingerprint density at radius 3 is 2.94 bits per heavy atom. The molecular weight excluding hydrogens is 240 g/mol. The van der Waals surface area contributed by atoms with Crippen LogP contribution >= 0.6 is 11.8 Å². The molecule has 17 heavy (non-hydrogen) atoms. The molecule has 1 nitrogen and oxygen atoms in total. The van der Waals surface area contributed by atoms with E-state index >= 15 is 0 Å². The van der Waals surface area contributed by atoms with Crippen LogP contribution in [0.5, 0.6) is 0 Å². The van der Waals surface area contributed by atoms with Crippen LogP contribution in [0.4, 0.5) is 8.78 Å². The Morgan fingerprint density at radius 2 is 2.24 bits per heavy atom. The number of benzene rings is 1. The van der Waals surface area contributed by atoms with Crippen molar-refractivity contribution in [2.75, 3.05) is 12.3 Å². The Kier molecular flexibility index (Phi) is 4.80. The maximum Gasteiger partial charge on any atom is 0.139 e. The van der Waals surface area contributed by atoms with Crippen LogP contribution in [0.15, 0.2) is 23.1 Å². The number of hydrogen-bond acceptors (Lipinski definition) is 2. The van der Waals surface area contributed by atoms with E-state index < -0.39 is 11.6 Å². The van der Waals surface area contributed by atoms with Crippen LogP contribution in [0.25, 0.3) is 0 Å². The average molecular weight is 257 g/mol. The second-order valence-electron chi connectivity index (χ2n) is 4.36. The maximum absolute atomic E-state index is 13.3. The SMILES string of the molecule is Fc1ccc(SCCCC2CCCN2)c(F)c1. The molecule has 1 N–H and O–H groups in total. The van der Waals surface area contributed by atoms with E-state index in [0.717, 1.165) is 31.2 Å². The van der Waals surface area contributed by atoms with E-state index in [1.807, 2.05) is 0 Å². The van der Waals surface area contributed by atoms with Crippen molar-refractivity contribution in [2.24, 2.45) is 0 Å². The van der Waals surface area contributed by atoms with Gasteiger partial charge >= 0.3 is 0 Å². The molecule has 1 aromatic rings. The fraction of sp³-hybridized carbons (Fsp3) is 0.538. The summed E-state index contributed by atoms with van der Waals surface area (Å²) in [4.78, 5) is 0.547. The molecule has 1 aromatic carbocycles. The zero-order valence-electron chi connectivity index (χ0n) is 9.72. The van der Waals surface area contributed by atoms with Gasteiger partial charge in [0, 0.05) is 17.0 Å². The topological polar surface area (TPSA) is 12.0 Å². The van der Waals surface area contributed by atoms with Gasteiger partial charge in [-0.2, -0.15) is 0 Å².